The van der Waals surface area contributed by atoms with E-state index in [4.69, 9.17) is 5.11 Å². The minimum Gasteiger partial charge on any atom is -0.395 e. The Kier molecular flexibility index (Phi) is 7.96. The molecule has 0 spiro atoms. The van der Waals surface area contributed by atoms with E-state index in [0.717, 1.165) is 16.9 Å². The van der Waals surface area contributed by atoms with Gasteiger partial charge in [0.2, 0.25) is 0 Å². The van der Waals surface area contributed by atoms with Crippen molar-refractivity contribution in [3.63, 3.8) is 0 Å². The molecule has 1 atom stereocenters. The smallest absolute Gasteiger partial charge is 0.251 e. The van der Waals surface area contributed by atoms with Crippen LogP contribution in [0.4, 0.5) is 0 Å². The van der Waals surface area contributed by atoms with Crippen LogP contribution in [0.25, 0.3) is 0 Å². The molecule has 3 nitrogen and oxygen atoms in total. The molecule has 1 rings (SSSR count). The van der Waals surface area contributed by atoms with E-state index in [1.807, 2.05) is 25.1 Å². The fraction of sp³-hybridized carbons (Fsp3) is 0.471. The summed E-state index contributed by atoms with van der Waals surface area (Å²) in [5.74, 6) is 7.33. The highest BCUT2D eigenvalue weighted by Gasteiger charge is 2.11. The molecule has 0 saturated carbocycles. The standard InChI is InChI=1S/C17H23NO2S/c1-13(12-21-3)11-18-17(20)16-9-6-8-15(14(16)2)7-4-5-10-19/h6,8-9,13,19H,5,10-12H2,1-3H3,(H,18,20). The van der Waals surface area contributed by atoms with Crippen molar-refractivity contribution in [3.8, 4) is 11.8 Å². The average molecular weight is 305 g/mol. The molecule has 1 unspecified atom stereocenters. The highest BCUT2D eigenvalue weighted by molar-refractivity contribution is 7.98. The maximum Gasteiger partial charge on any atom is 0.251 e. The molecule has 1 aromatic carbocycles. The van der Waals surface area contributed by atoms with E-state index < -0.39 is 0 Å². The molecule has 0 saturated heterocycles. The predicted molar refractivity (Wildman–Crippen MR) is 89.6 cm³/mol. The molecular weight excluding hydrogens is 282 g/mol. The molecule has 0 radical (unpaired) electrons. The van der Waals surface area contributed by atoms with Gasteiger partial charge in [-0.3, -0.25) is 4.79 Å². The lowest BCUT2D eigenvalue weighted by atomic mass is 10.0. The van der Waals surface area contributed by atoms with Gasteiger partial charge in [-0.2, -0.15) is 11.8 Å². The number of carbonyl (C=O) groups is 1. The van der Waals surface area contributed by atoms with Gasteiger partial charge in [0.05, 0.1) is 6.61 Å². The summed E-state index contributed by atoms with van der Waals surface area (Å²) in [6, 6.07) is 5.56. The number of amides is 1. The molecule has 0 aliphatic rings. The Balaban J connectivity index is 2.77. The quantitative estimate of drug-likeness (QED) is 0.794. The maximum atomic E-state index is 12.3. The van der Waals surface area contributed by atoms with Gasteiger partial charge in [0, 0.05) is 24.1 Å². The highest BCUT2D eigenvalue weighted by atomic mass is 32.2. The third-order valence-corrected chi connectivity index (χ3v) is 4.00. The summed E-state index contributed by atoms with van der Waals surface area (Å²) in [7, 11) is 0. The van der Waals surface area contributed by atoms with E-state index in [1.54, 1.807) is 11.8 Å². The summed E-state index contributed by atoms with van der Waals surface area (Å²) in [5.41, 5.74) is 2.40. The average Bonchev–Trinajstić information content (AvgIpc) is 2.47. The van der Waals surface area contributed by atoms with E-state index in [-0.39, 0.29) is 12.5 Å². The summed E-state index contributed by atoms with van der Waals surface area (Å²) < 4.78 is 0. The molecule has 4 heteroatoms. The number of carbonyl (C=O) groups excluding carboxylic acids is 1. The van der Waals surface area contributed by atoms with E-state index in [1.165, 1.54) is 0 Å². The molecule has 0 bridgehead atoms. The number of benzene rings is 1. The number of nitrogens with one attached hydrogen (secondary N) is 1. The largest absolute Gasteiger partial charge is 0.395 e. The van der Waals surface area contributed by atoms with Crippen LogP contribution in [0.2, 0.25) is 0 Å². The van der Waals surface area contributed by atoms with Gasteiger partial charge >= 0.3 is 0 Å². The van der Waals surface area contributed by atoms with E-state index in [2.05, 4.69) is 30.3 Å². The van der Waals surface area contributed by atoms with Crippen molar-refractivity contribution >= 4 is 17.7 Å². The highest BCUT2D eigenvalue weighted by Crippen LogP contribution is 2.13. The zero-order valence-electron chi connectivity index (χ0n) is 12.9. The van der Waals surface area contributed by atoms with Crippen molar-refractivity contribution in [2.75, 3.05) is 25.2 Å². The van der Waals surface area contributed by atoms with E-state index in [0.29, 0.717) is 24.4 Å². The summed E-state index contributed by atoms with van der Waals surface area (Å²) in [5, 5.41) is 11.7. The first-order chi connectivity index (χ1) is 10.1. The third-order valence-electron chi connectivity index (χ3n) is 3.10. The van der Waals surface area contributed by atoms with Crippen molar-refractivity contribution in [1.82, 2.24) is 5.32 Å². The molecular formula is C17H23NO2S. The zero-order chi connectivity index (χ0) is 15.7. The number of hydrogen-bond donors (Lipinski definition) is 2. The first kappa shape index (κ1) is 17.6. The molecule has 1 aromatic rings. The summed E-state index contributed by atoms with van der Waals surface area (Å²) in [6.45, 7) is 4.77. The van der Waals surface area contributed by atoms with Gasteiger partial charge < -0.3 is 10.4 Å². The van der Waals surface area contributed by atoms with Crippen molar-refractivity contribution in [1.29, 1.82) is 0 Å². The van der Waals surface area contributed by atoms with Crippen LogP contribution in [0.5, 0.6) is 0 Å². The molecule has 2 N–H and O–H groups in total. The first-order valence-corrected chi connectivity index (χ1v) is 8.46. The summed E-state index contributed by atoms with van der Waals surface area (Å²) >= 11 is 1.78. The third kappa shape index (κ3) is 5.82. The lowest BCUT2D eigenvalue weighted by Crippen LogP contribution is -2.29. The first-order valence-electron chi connectivity index (χ1n) is 7.06. The Morgan fingerprint density at radius 2 is 2.24 bits per heavy atom. The zero-order valence-corrected chi connectivity index (χ0v) is 13.7. The van der Waals surface area contributed by atoms with Gasteiger partial charge in [0.25, 0.3) is 5.91 Å². The molecule has 0 aliphatic heterocycles. The Morgan fingerprint density at radius 3 is 2.90 bits per heavy atom. The monoisotopic (exact) mass is 305 g/mol. The van der Waals surface area contributed by atoms with Crippen LogP contribution in [0, 0.1) is 24.7 Å². The predicted octanol–water partition coefficient (Wildman–Crippen LogP) is 2.46. The second-order valence-electron chi connectivity index (χ2n) is 5.02. The van der Waals surface area contributed by atoms with Crippen LogP contribution in [-0.2, 0) is 0 Å². The van der Waals surface area contributed by atoms with Crippen LogP contribution in [0.1, 0.15) is 34.8 Å². The molecule has 0 heterocycles. The van der Waals surface area contributed by atoms with Gasteiger partial charge in [0.1, 0.15) is 0 Å². The van der Waals surface area contributed by atoms with E-state index >= 15 is 0 Å². The van der Waals surface area contributed by atoms with E-state index in [9.17, 15) is 4.79 Å². The summed E-state index contributed by atoms with van der Waals surface area (Å²) in [4.78, 5) is 12.3. The number of hydrogen-bond acceptors (Lipinski definition) is 3. The molecule has 114 valence electrons. The van der Waals surface area contributed by atoms with Gasteiger partial charge in [-0.15, -0.1) is 0 Å². The van der Waals surface area contributed by atoms with Crippen LogP contribution < -0.4 is 5.32 Å². The number of aliphatic hydroxyl groups is 1. The SMILES string of the molecule is CSCC(C)CNC(=O)c1cccc(C#CCCO)c1C. The lowest BCUT2D eigenvalue weighted by Gasteiger charge is -2.13. The number of thioether (sulfide) groups is 1. The normalized spacial score (nSPS) is 11.4. The minimum absolute atomic E-state index is 0.0498. The van der Waals surface area contributed by atoms with Crippen LogP contribution >= 0.6 is 11.8 Å². The fourth-order valence-electron chi connectivity index (χ4n) is 1.94. The van der Waals surface area contributed by atoms with Gasteiger partial charge in [-0.25, -0.2) is 0 Å². The maximum absolute atomic E-state index is 12.3. The minimum atomic E-state index is -0.0498. The topological polar surface area (TPSA) is 49.3 Å². The molecule has 0 fully saturated rings. The van der Waals surface area contributed by atoms with Crippen LogP contribution in [-0.4, -0.2) is 36.2 Å². The molecule has 1 amide bonds. The molecule has 0 aliphatic carbocycles. The molecule has 21 heavy (non-hydrogen) atoms. The van der Waals surface area contributed by atoms with Crippen molar-refractivity contribution < 1.29 is 9.90 Å². The van der Waals surface area contributed by atoms with Gasteiger partial charge in [-0.05, 0) is 42.5 Å². The van der Waals surface area contributed by atoms with Crippen LogP contribution in [0.3, 0.4) is 0 Å². The Hall–Kier alpha value is -1.44. The fourth-order valence-corrected chi connectivity index (χ4v) is 2.62. The summed E-state index contributed by atoms with van der Waals surface area (Å²) in [6.07, 6.45) is 2.51. The van der Waals surface area contributed by atoms with Gasteiger partial charge in [-0.1, -0.05) is 24.8 Å². The Bertz CT molecular complexity index is 531. The van der Waals surface area contributed by atoms with Gasteiger partial charge in [0.15, 0.2) is 0 Å². The second kappa shape index (κ2) is 9.49. The number of rotatable bonds is 6. The number of aliphatic hydroxyl groups excluding tert-OH is 1. The Labute approximate surface area is 131 Å². The van der Waals surface area contributed by atoms with Crippen molar-refractivity contribution in [2.24, 2.45) is 5.92 Å². The second-order valence-corrected chi connectivity index (χ2v) is 5.93. The van der Waals surface area contributed by atoms with Crippen LogP contribution in [0.15, 0.2) is 18.2 Å². The van der Waals surface area contributed by atoms with Crippen molar-refractivity contribution in [2.45, 2.75) is 20.3 Å². The Morgan fingerprint density at radius 1 is 1.48 bits per heavy atom. The van der Waals surface area contributed by atoms with Crippen molar-refractivity contribution in [3.05, 3.63) is 34.9 Å². The molecule has 0 aromatic heterocycles. The lowest BCUT2D eigenvalue weighted by molar-refractivity contribution is 0.0948.